The number of methoxy groups -OCH3 is 1. The number of sulfonamides is 1. The third-order valence-corrected chi connectivity index (χ3v) is 4.42. The van der Waals surface area contributed by atoms with Crippen LogP contribution in [0.4, 0.5) is 10.2 Å². The first kappa shape index (κ1) is 14.0. The van der Waals surface area contributed by atoms with Crippen LogP contribution >= 0.6 is 22.9 Å². The smallest absolute Gasteiger partial charge is 0.266 e. The van der Waals surface area contributed by atoms with Gasteiger partial charge in [0.15, 0.2) is 5.82 Å². The van der Waals surface area contributed by atoms with Gasteiger partial charge in [0.25, 0.3) is 10.0 Å². The molecule has 0 radical (unpaired) electrons. The molecule has 0 unspecified atom stereocenters. The summed E-state index contributed by atoms with van der Waals surface area (Å²) in [5, 5.41) is 1.49. The van der Waals surface area contributed by atoms with Crippen LogP contribution in [0.3, 0.4) is 0 Å². The SMILES string of the molecule is COc1cc(F)c(S(=O)(=O)Nc2cscn2)cc1Cl. The van der Waals surface area contributed by atoms with Gasteiger partial charge in [-0.3, -0.25) is 4.72 Å². The second-order valence-corrected chi connectivity index (χ2v) is 6.17. The minimum atomic E-state index is -4.08. The second-order valence-electron chi connectivity index (χ2n) is 3.40. The van der Waals surface area contributed by atoms with E-state index in [4.69, 9.17) is 16.3 Å². The van der Waals surface area contributed by atoms with Crippen molar-refractivity contribution in [1.82, 2.24) is 4.98 Å². The van der Waals surface area contributed by atoms with Crippen molar-refractivity contribution in [2.45, 2.75) is 4.90 Å². The predicted octanol–water partition coefficient (Wildman–Crippen LogP) is 2.75. The lowest BCUT2D eigenvalue weighted by molar-refractivity contribution is 0.410. The van der Waals surface area contributed by atoms with Gasteiger partial charge in [0, 0.05) is 11.4 Å². The average Bonchev–Trinajstić information content (AvgIpc) is 2.83. The van der Waals surface area contributed by atoms with E-state index < -0.39 is 20.7 Å². The van der Waals surface area contributed by atoms with E-state index in [-0.39, 0.29) is 16.6 Å². The number of hydrogen-bond acceptors (Lipinski definition) is 5. The molecule has 0 aliphatic heterocycles. The Bertz CT molecular complexity index is 689. The lowest BCUT2D eigenvalue weighted by Crippen LogP contribution is -2.15. The molecule has 1 heterocycles. The highest BCUT2D eigenvalue weighted by Crippen LogP contribution is 2.30. The first-order chi connectivity index (χ1) is 8.94. The van der Waals surface area contributed by atoms with Crippen LogP contribution in [0.5, 0.6) is 5.75 Å². The molecule has 0 atom stereocenters. The van der Waals surface area contributed by atoms with Crippen LogP contribution in [0.25, 0.3) is 0 Å². The third-order valence-electron chi connectivity index (χ3n) is 2.17. The summed E-state index contributed by atoms with van der Waals surface area (Å²) >= 11 is 7.00. The zero-order valence-corrected chi connectivity index (χ0v) is 11.9. The van der Waals surface area contributed by atoms with E-state index in [0.29, 0.717) is 0 Å². The monoisotopic (exact) mass is 322 g/mol. The molecular formula is C10H8ClFN2O3S2. The number of thiazole rings is 1. The number of nitrogens with zero attached hydrogens (tertiary/aromatic N) is 1. The summed E-state index contributed by atoms with van der Waals surface area (Å²) in [5.41, 5.74) is 1.45. The molecule has 0 amide bonds. The van der Waals surface area contributed by atoms with Crippen LogP contribution in [0.1, 0.15) is 0 Å². The van der Waals surface area contributed by atoms with Gasteiger partial charge in [-0.1, -0.05) is 11.6 Å². The molecule has 0 fully saturated rings. The van der Waals surface area contributed by atoms with Gasteiger partial charge in [0.1, 0.15) is 16.5 Å². The molecule has 1 N–H and O–H groups in total. The number of anilines is 1. The molecule has 0 spiro atoms. The molecule has 2 rings (SSSR count). The standard InChI is InChI=1S/C10H8ClFN2O3S2/c1-17-8-3-7(12)9(2-6(8)11)19(15,16)14-10-4-18-5-13-10/h2-5,14H,1H3. The average molecular weight is 323 g/mol. The summed E-state index contributed by atoms with van der Waals surface area (Å²) in [6.07, 6.45) is 0. The minimum absolute atomic E-state index is 0.00236. The third kappa shape index (κ3) is 2.96. The Morgan fingerprint density at radius 3 is 2.79 bits per heavy atom. The second kappa shape index (κ2) is 5.32. The minimum Gasteiger partial charge on any atom is -0.495 e. The molecule has 1 aromatic heterocycles. The van der Waals surface area contributed by atoms with Gasteiger partial charge >= 0.3 is 0 Å². The van der Waals surface area contributed by atoms with Crippen molar-refractivity contribution < 1.29 is 17.5 Å². The number of benzene rings is 1. The van der Waals surface area contributed by atoms with Crippen LogP contribution in [-0.4, -0.2) is 20.5 Å². The maximum Gasteiger partial charge on any atom is 0.266 e. The maximum atomic E-state index is 13.8. The molecule has 0 saturated carbocycles. The lowest BCUT2D eigenvalue weighted by atomic mass is 10.3. The summed E-state index contributed by atoms with van der Waals surface area (Å²) in [6.45, 7) is 0. The van der Waals surface area contributed by atoms with Gasteiger partial charge in [-0.2, -0.15) is 0 Å². The van der Waals surface area contributed by atoms with Gasteiger partial charge in [-0.05, 0) is 6.07 Å². The highest BCUT2D eigenvalue weighted by atomic mass is 35.5. The van der Waals surface area contributed by atoms with Crippen LogP contribution in [0, 0.1) is 5.82 Å². The van der Waals surface area contributed by atoms with Crippen molar-refractivity contribution in [2.24, 2.45) is 0 Å². The van der Waals surface area contributed by atoms with Crippen LogP contribution in [0.2, 0.25) is 5.02 Å². The fraction of sp³-hybridized carbons (Fsp3) is 0.100. The molecule has 19 heavy (non-hydrogen) atoms. The highest BCUT2D eigenvalue weighted by Gasteiger charge is 2.22. The fourth-order valence-corrected chi connectivity index (χ4v) is 3.28. The number of aromatic nitrogens is 1. The highest BCUT2D eigenvalue weighted by molar-refractivity contribution is 7.92. The lowest BCUT2D eigenvalue weighted by Gasteiger charge is -2.09. The number of halogens is 2. The summed E-state index contributed by atoms with van der Waals surface area (Å²) in [5.74, 6) is -0.771. The van der Waals surface area contributed by atoms with E-state index in [1.807, 2.05) is 0 Å². The topological polar surface area (TPSA) is 68.3 Å². The normalized spacial score (nSPS) is 11.3. The summed E-state index contributed by atoms with van der Waals surface area (Å²) in [4.78, 5) is 3.20. The van der Waals surface area contributed by atoms with Crippen LogP contribution in [0.15, 0.2) is 27.9 Å². The van der Waals surface area contributed by atoms with E-state index in [0.717, 1.165) is 12.1 Å². The van der Waals surface area contributed by atoms with E-state index in [1.54, 1.807) is 0 Å². The maximum absolute atomic E-state index is 13.8. The quantitative estimate of drug-likeness (QED) is 0.939. The summed E-state index contributed by atoms with van der Waals surface area (Å²) in [6, 6.07) is 1.91. The first-order valence-electron chi connectivity index (χ1n) is 4.88. The molecule has 0 aliphatic rings. The van der Waals surface area contributed by atoms with Crippen molar-refractivity contribution in [3.63, 3.8) is 0 Å². The van der Waals surface area contributed by atoms with Crippen LogP contribution in [-0.2, 0) is 10.0 Å². The molecule has 5 nitrogen and oxygen atoms in total. The molecule has 1 aromatic carbocycles. The number of ether oxygens (including phenoxy) is 1. The Kier molecular flexibility index (Phi) is 3.93. The van der Waals surface area contributed by atoms with Gasteiger partial charge in [0.2, 0.25) is 0 Å². The zero-order valence-electron chi connectivity index (χ0n) is 9.55. The fourth-order valence-electron chi connectivity index (χ4n) is 1.33. The predicted molar refractivity (Wildman–Crippen MR) is 70.9 cm³/mol. The Morgan fingerprint density at radius 2 is 2.21 bits per heavy atom. The number of hydrogen-bond donors (Lipinski definition) is 1. The molecule has 0 saturated heterocycles. The zero-order chi connectivity index (χ0) is 14.0. The van der Waals surface area contributed by atoms with E-state index in [1.165, 1.54) is 29.3 Å². The molecule has 0 bridgehead atoms. The molecule has 102 valence electrons. The Morgan fingerprint density at radius 1 is 1.47 bits per heavy atom. The largest absolute Gasteiger partial charge is 0.495 e. The van der Waals surface area contributed by atoms with Crippen molar-refractivity contribution in [3.8, 4) is 5.75 Å². The van der Waals surface area contributed by atoms with Crippen molar-refractivity contribution in [3.05, 3.63) is 33.9 Å². The van der Waals surface area contributed by atoms with E-state index in [2.05, 4.69) is 9.71 Å². The first-order valence-corrected chi connectivity index (χ1v) is 7.68. The molecular weight excluding hydrogens is 315 g/mol. The molecule has 0 aliphatic carbocycles. The Balaban J connectivity index is 2.43. The van der Waals surface area contributed by atoms with Crippen LogP contribution < -0.4 is 9.46 Å². The summed E-state index contributed by atoms with van der Waals surface area (Å²) < 4.78 is 44.7. The van der Waals surface area contributed by atoms with Gasteiger partial charge in [0.05, 0.1) is 17.6 Å². The Labute approximate surface area is 118 Å². The Hall–Kier alpha value is -1.38. The molecule has 2 aromatic rings. The van der Waals surface area contributed by atoms with E-state index in [9.17, 15) is 12.8 Å². The van der Waals surface area contributed by atoms with Crippen molar-refractivity contribution in [2.75, 3.05) is 11.8 Å². The van der Waals surface area contributed by atoms with Crippen molar-refractivity contribution in [1.29, 1.82) is 0 Å². The number of rotatable bonds is 4. The van der Waals surface area contributed by atoms with Gasteiger partial charge < -0.3 is 4.74 Å². The van der Waals surface area contributed by atoms with Gasteiger partial charge in [-0.25, -0.2) is 17.8 Å². The number of nitrogens with one attached hydrogen (secondary N) is 1. The van der Waals surface area contributed by atoms with Crippen molar-refractivity contribution >= 4 is 38.8 Å². The van der Waals surface area contributed by atoms with E-state index >= 15 is 0 Å². The molecule has 9 heteroatoms. The van der Waals surface area contributed by atoms with Gasteiger partial charge in [-0.15, -0.1) is 11.3 Å². The summed E-state index contributed by atoms with van der Waals surface area (Å²) in [7, 11) is -2.77.